The third-order valence-corrected chi connectivity index (χ3v) is 6.40. The van der Waals surface area contributed by atoms with Crippen LogP contribution < -0.4 is 5.32 Å². The van der Waals surface area contributed by atoms with Crippen molar-refractivity contribution in [2.24, 2.45) is 22.2 Å². The van der Waals surface area contributed by atoms with E-state index >= 15 is 0 Å². The van der Waals surface area contributed by atoms with Gasteiger partial charge in [0, 0.05) is 12.1 Å². The highest BCUT2D eigenvalue weighted by molar-refractivity contribution is 5.94. The smallest absolute Gasteiger partial charge is 0.251 e. The molecule has 4 aliphatic rings. The molecule has 4 fully saturated rings. The van der Waals surface area contributed by atoms with Crippen molar-refractivity contribution >= 4 is 5.91 Å². The minimum atomic E-state index is 0.0895. The molecule has 0 aliphatic heterocycles. The number of carbonyl (C=O) groups excluding carboxylic acids is 1. The molecule has 4 saturated carbocycles. The lowest BCUT2D eigenvalue weighted by molar-refractivity contribution is -0.142. The predicted molar refractivity (Wildman–Crippen MR) is 88.6 cm³/mol. The standard InChI is InChI=1S/C20H27NO/c1-18-8-15-9-19(2,11-18)13-20(10-15,12-18)14-21-17(22)16-6-4-3-5-7-16/h3-7,15H,8-14H2,1-2H3,(H,21,22)/t15?,18-,19+,20?. The normalized spacial score (nSPS) is 42.4. The zero-order valence-corrected chi connectivity index (χ0v) is 13.8. The van der Waals surface area contributed by atoms with Crippen LogP contribution >= 0.6 is 0 Å². The molecule has 0 heterocycles. The van der Waals surface area contributed by atoms with E-state index in [4.69, 9.17) is 0 Å². The molecular formula is C20H27NO. The fourth-order valence-electron chi connectivity index (χ4n) is 6.84. The molecule has 0 spiro atoms. The quantitative estimate of drug-likeness (QED) is 0.879. The monoisotopic (exact) mass is 297 g/mol. The van der Waals surface area contributed by atoms with Crippen LogP contribution in [0.3, 0.4) is 0 Å². The summed E-state index contributed by atoms with van der Waals surface area (Å²) in [7, 11) is 0. The van der Waals surface area contributed by atoms with Gasteiger partial charge in [-0.25, -0.2) is 0 Å². The van der Waals surface area contributed by atoms with Crippen molar-refractivity contribution in [3.8, 4) is 0 Å². The lowest BCUT2D eigenvalue weighted by Gasteiger charge is -2.65. The molecule has 2 nitrogen and oxygen atoms in total. The number of benzene rings is 1. The Morgan fingerprint density at radius 2 is 1.68 bits per heavy atom. The molecule has 5 rings (SSSR count). The summed E-state index contributed by atoms with van der Waals surface area (Å²) < 4.78 is 0. The minimum absolute atomic E-state index is 0.0895. The summed E-state index contributed by atoms with van der Waals surface area (Å²) in [6.45, 7) is 5.84. The number of carbonyl (C=O) groups is 1. The summed E-state index contributed by atoms with van der Waals surface area (Å²) in [6.07, 6.45) is 8.16. The molecule has 4 bridgehead atoms. The first-order chi connectivity index (χ1) is 10.4. The highest BCUT2D eigenvalue weighted by Gasteiger charge is 2.59. The Hall–Kier alpha value is -1.31. The van der Waals surface area contributed by atoms with E-state index in [0.29, 0.717) is 16.2 Å². The first kappa shape index (κ1) is 14.3. The molecule has 118 valence electrons. The molecule has 1 N–H and O–H groups in total. The lowest BCUT2D eigenvalue weighted by atomic mass is 9.40. The van der Waals surface area contributed by atoms with Crippen LogP contribution in [-0.4, -0.2) is 12.5 Å². The van der Waals surface area contributed by atoms with Crippen LogP contribution in [0.15, 0.2) is 30.3 Å². The summed E-state index contributed by atoms with van der Waals surface area (Å²) in [5.74, 6) is 0.978. The number of amides is 1. The van der Waals surface area contributed by atoms with Gasteiger partial charge in [0.1, 0.15) is 0 Å². The van der Waals surface area contributed by atoms with Crippen LogP contribution in [0.1, 0.15) is 62.7 Å². The molecule has 4 atom stereocenters. The van der Waals surface area contributed by atoms with Gasteiger partial charge in [0.15, 0.2) is 0 Å². The highest BCUT2D eigenvalue weighted by atomic mass is 16.1. The molecule has 4 aliphatic carbocycles. The molecule has 1 amide bonds. The molecule has 22 heavy (non-hydrogen) atoms. The van der Waals surface area contributed by atoms with Crippen LogP contribution in [0.25, 0.3) is 0 Å². The minimum Gasteiger partial charge on any atom is -0.351 e. The van der Waals surface area contributed by atoms with Crippen LogP contribution in [-0.2, 0) is 0 Å². The SMILES string of the molecule is C[C@]12CC3CC(CNC(=O)c4ccccc4)(C1)C[C@@](C)(C3)C2. The number of nitrogens with one attached hydrogen (secondary N) is 1. The average molecular weight is 297 g/mol. The summed E-state index contributed by atoms with van der Waals surface area (Å²) >= 11 is 0. The molecule has 0 radical (unpaired) electrons. The highest BCUT2D eigenvalue weighted by Crippen LogP contribution is 2.69. The maximum absolute atomic E-state index is 12.4. The second-order valence-electron chi connectivity index (χ2n) is 9.18. The van der Waals surface area contributed by atoms with Crippen molar-refractivity contribution in [3.63, 3.8) is 0 Å². The fraction of sp³-hybridized carbons (Fsp3) is 0.650. The number of hydrogen-bond donors (Lipinski definition) is 1. The Kier molecular flexibility index (Phi) is 2.99. The van der Waals surface area contributed by atoms with Crippen LogP contribution in [0, 0.1) is 22.2 Å². The number of rotatable bonds is 3. The van der Waals surface area contributed by atoms with E-state index in [2.05, 4.69) is 19.2 Å². The Morgan fingerprint density at radius 1 is 1.05 bits per heavy atom. The van der Waals surface area contributed by atoms with E-state index in [9.17, 15) is 4.79 Å². The van der Waals surface area contributed by atoms with Crippen molar-refractivity contribution in [3.05, 3.63) is 35.9 Å². The second-order valence-corrected chi connectivity index (χ2v) is 9.18. The maximum Gasteiger partial charge on any atom is 0.251 e. The molecule has 2 unspecified atom stereocenters. The van der Waals surface area contributed by atoms with Crippen LogP contribution in [0.5, 0.6) is 0 Å². The van der Waals surface area contributed by atoms with Crippen molar-refractivity contribution < 1.29 is 4.79 Å². The second kappa shape index (κ2) is 4.59. The Balaban J connectivity index is 1.50. The molecule has 1 aromatic rings. The third kappa shape index (κ3) is 2.37. The van der Waals surface area contributed by atoms with Crippen molar-refractivity contribution in [1.29, 1.82) is 0 Å². The van der Waals surface area contributed by atoms with Gasteiger partial charge < -0.3 is 5.32 Å². The van der Waals surface area contributed by atoms with Crippen molar-refractivity contribution in [2.45, 2.75) is 52.4 Å². The topological polar surface area (TPSA) is 29.1 Å². The lowest BCUT2D eigenvalue weighted by Crippen LogP contribution is -2.58. The summed E-state index contributed by atoms with van der Waals surface area (Å²) in [6, 6.07) is 9.62. The van der Waals surface area contributed by atoms with Gasteiger partial charge >= 0.3 is 0 Å². The first-order valence-electron chi connectivity index (χ1n) is 8.73. The zero-order valence-electron chi connectivity index (χ0n) is 13.8. The Bertz CT molecular complexity index is 575. The van der Waals surface area contributed by atoms with E-state index in [1.165, 1.54) is 38.5 Å². The molecule has 0 saturated heterocycles. The summed E-state index contributed by atoms with van der Waals surface area (Å²) in [4.78, 5) is 12.4. The summed E-state index contributed by atoms with van der Waals surface area (Å²) in [5.41, 5.74) is 2.18. The van der Waals surface area contributed by atoms with E-state index in [0.717, 1.165) is 18.0 Å². The molecular weight excluding hydrogens is 270 g/mol. The maximum atomic E-state index is 12.4. The van der Waals surface area contributed by atoms with E-state index in [1.54, 1.807) is 0 Å². The largest absolute Gasteiger partial charge is 0.351 e. The van der Waals surface area contributed by atoms with E-state index in [1.807, 2.05) is 30.3 Å². The number of hydrogen-bond acceptors (Lipinski definition) is 1. The Labute approximate surface area is 133 Å². The van der Waals surface area contributed by atoms with Gasteiger partial charge in [0.2, 0.25) is 0 Å². The van der Waals surface area contributed by atoms with Crippen molar-refractivity contribution in [2.75, 3.05) is 6.54 Å². The van der Waals surface area contributed by atoms with Crippen LogP contribution in [0.4, 0.5) is 0 Å². The predicted octanol–water partition coefficient (Wildman–Crippen LogP) is 4.41. The average Bonchev–Trinajstić information content (AvgIpc) is 2.42. The van der Waals surface area contributed by atoms with Gasteiger partial charge in [-0.05, 0) is 72.8 Å². The van der Waals surface area contributed by atoms with Crippen molar-refractivity contribution in [1.82, 2.24) is 5.32 Å². The van der Waals surface area contributed by atoms with E-state index < -0.39 is 0 Å². The fourth-order valence-corrected chi connectivity index (χ4v) is 6.84. The molecule has 2 heteroatoms. The van der Waals surface area contributed by atoms with Gasteiger partial charge in [-0.3, -0.25) is 4.79 Å². The zero-order chi connectivity index (χ0) is 15.4. The van der Waals surface area contributed by atoms with Gasteiger partial charge in [0.05, 0.1) is 0 Å². The third-order valence-electron chi connectivity index (χ3n) is 6.40. The summed E-state index contributed by atoms with van der Waals surface area (Å²) in [5, 5.41) is 3.25. The van der Waals surface area contributed by atoms with Crippen LogP contribution in [0.2, 0.25) is 0 Å². The molecule has 0 aromatic heterocycles. The van der Waals surface area contributed by atoms with Gasteiger partial charge in [0.25, 0.3) is 5.91 Å². The Morgan fingerprint density at radius 3 is 2.27 bits per heavy atom. The first-order valence-corrected chi connectivity index (χ1v) is 8.73. The van der Waals surface area contributed by atoms with Gasteiger partial charge in [-0.2, -0.15) is 0 Å². The van der Waals surface area contributed by atoms with Gasteiger partial charge in [-0.1, -0.05) is 32.0 Å². The van der Waals surface area contributed by atoms with Gasteiger partial charge in [-0.15, -0.1) is 0 Å². The molecule has 1 aromatic carbocycles. The van der Waals surface area contributed by atoms with E-state index in [-0.39, 0.29) is 5.91 Å².